The van der Waals surface area contributed by atoms with Crippen LogP contribution in [0.25, 0.3) is 0 Å². The number of rotatable bonds is 4. The Morgan fingerprint density at radius 1 is 1.35 bits per heavy atom. The number of benzene rings is 1. The molecular formula is C14H19FO2. The van der Waals surface area contributed by atoms with Gasteiger partial charge < -0.3 is 4.74 Å². The van der Waals surface area contributed by atoms with Crippen LogP contribution in [0.3, 0.4) is 0 Å². The largest absolute Gasteiger partial charge is 0.494 e. The maximum atomic E-state index is 13.2. The van der Waals surface area contributed by atoms with Crippen molar-refractivity contribution in [3.8, 4) is 5.75 Å². The van der Waals surface area contributed by atoms with Gasteiger partial charge in [0.25, 0.3) is 0 Å². The molecule has 17 heavy (non-hydrogen) atoms. The van der Waals surface area contributed by atoms with E-state index in [1.807, 2.05) is 0 Å². The number of methoxy groups -OCH3 is 1. The van der Waals surface area contributed by atoms with Crippen LogP contribution in [0.1, 0.15) is 44.0 Å². The van der Waals surface area contributed by atoms with Crippen molar-refractivity contribution in [3.63, 3.8) is 0 Å². The maximum Gasteiger partial charge on any atom is 0.165 e. The summed E-state index contributed by atoms with van der Waals surface area (Å²) in [5, 5.41) is 0. The van der Waals surface area contributed by atoms with Crippen LogP contribution in [0.15, 0.2) is 18.2 Å². The molecule has 0 atom stereocenters. The SMILES string of the molecule is COc1cc(C(=O)CCC(C)(C)C)ccc1F. The number of halogens is 1. The summed E-state index contributed by atoms with van der Waals surface area (Å²) in [5.74, 6) is -0.301. The third-order valence-corrected chi connectivity index (χ3v) is 2.58. The Morgan fingerprint density at radius 2 is 2.00 bits per heavy atom. The monoisotopic (exact) mass is 238 g/mol. The summed E-state index contributed by atoms with van der Waals surface area (Å²) in [6.45, 7) is 6.27. The third kappa shape index (κ3) is 4.17. The molecule has 1 aromatic rings. The topological polar surface area (TPSA) is 26.3 Å². The van der Waals surface area contributed by atoms with E-state index in [1.165, 1.54) is 25.3 Å². The van der Waals surface area contributed by atoms with Gasteiger partial charge in [0, 0.05) is 12.0 Å². The molecule has 2 nitrogen and oxygen atoms in total. The molecule has 0 radical (unpaired) electrons. The van der Waals surface area contributed by atoms with E-state index in [2.05, 4.69) is 20.8 Å². The van der Waals surface area contributed by atoms with Crippen LogP contribution in [0.5, 0.6) is 5.75 Å². The second kappa shape index (κ2) is 5.30. The van der Waals surface area contributed by atoms with E-state index in [-0.39, 0.29) is 16.9 Å². The molecule has 94 valence electrons. The fourth-order valence-corrected chi connectivity index (χ4v) is 1.47. The number of Topliss-reactive ketones (excluding diaryl/α,β-unsaturated/α-hetero) is 1. The summed E-state index contributed by atoms with van der Waals surface area (Å²) in [6, 6.07) is 4.23. The summed E-state index contributed by atoms with van der Waals surface area (Å²) in [7, 11) is 1.39. The minimum atomic E-state index is -0.445. The van der Waals surface area contributed by atoms with Crippen molar-refractivity contribution in [2.45, 2.75) is 33.6 Å². The molecule has 0 aliphatic carbocycles. The summed E-state index contributed by atoms with van der Waals surface area (Å²) < 4.78 is 18.0. The van der Waals surface area contributed by atoms with E-state index in [0.717, 1.165) is 6.42 Å². The first kappa shape index (κ1) is 13.7. The van der Waals surface area contributed by atoms with Crippen molar-refractivity contribution in [2.24, 2.45) is 5.41 Å². The van der Waals surface area contributed by atoms with Gasteiger partial charge in [0.05, 0.1) is 7.11 Å². The Balaban J connectivity index is 2.76. The molecule has 0 spiro atoms. The lowest BCUT2D eigenvalue weighted by atomic mass is 9.88. The van der Waals surface area contributed by atoms with Crippen molar-refractivity contribution in [3.05, 3.63) is 29.6 Å². The molecule has 0 amide bonds. The summed E-state index contributed by atoms with van der Waals surface area (Å²) in [6.07, 6.45) is 1.28. The van der Waals surface area contributed by atoms with Crippen molar-refractivity contribution in [1.29, 1.82) is 0 Å². The Kier molecular flexibility index (Phi) is 4.27. The number of ketones is 1. The summed E-state index contributed by atoms with van der Waals surface area (Å²) in [4.78, 5) is 11.9. The number of ether oxygens (including phenoxy) is 1. The van der Waals surface area contributed by atoms with Gasteiger partial charge in [-0.2, -0.15) is 0 Å². The van der Waals surface area contributed by atoms with Gasteiger partial charge in [-0.15, -0.1) is 0 Å². The highest BCUT2D eigenvalue weighted by molar-refractivity contribution is 5.96. The summed E-state index contributed by atoms with van der Waals surface area (Å²) >= 11 is 0. The van der Waals surface area contributed by atoms with Gasteiger partial charge in [-0.05, 0) is 30.0 Å². The second-order valence-corrected chi connectivity index (χ2v) is 5.33. The Bertz CT molecular complexity index is 405. The molecule has 0 heterocycles. The zero-order chi connectivity index (χ0) is 13.1. The predicted molar refractivity (Wildman–Crippen MR) is 66.0 cm³/mol. The van der Waals surface area contributed by atoms with Crippen LogP contribution >= 0.6 is 0 Å². The highest BCUT2D eigenvalue weighted by atomic mass is 19.1. The fourth-order valence-electron chi connectivity index (χ4n) is 1.47. The third-order valence-electron chi connectivity index (χ3n) is 2.58. The van der Waals surface area contributed by atoms with Gasteiger partial charge in [0.1, 0.15) is 0 Å². The Labute approximate surface area is 102 Å². The van der Waals surface area contributed by atoms with Crippen LogP contribution in [-0.4, -0.2) is 12.9 Å². The van der Waals surface area contributed by atoms with Gasteiger partial charge in [-0.3, -0.25) is 4.79 Å². The van der Waals surface area contributed by atoms with E-state index in [9.17, 15) is 9.18 Å². The van der Waals surface area contributed by atoms with Crippen LogP contribution in [-0.2, 0) is 0 Å². The van der Waals surface area contributed by atoms with Crippen molar-refractivity contribution < 1.29 is 13.9 Å². The lowest BCUT2D eigenvalue weighted by molar-refractivity contribution is 0.0965. The Morgan fingerprint density at radius 3 is 2.53 bits per heavy atom. The first-order chi connectivity index (χ1) is 7.83. The zero-order valence-electron chi connectivity index (χ0n) is 10.8. The van der Waals surface area contributed by atoms with E-state index < -0.39 is 5.82 Å². The van der Waals surface area contributed by atoms with Gasteiger partial charge >= 0.3 is 0 Å². The highest BCUT2D eigenvalue weighted by Crippen LogP contribution is 2.24. The predicted octanol–water partition coefficient (Wildman–Crippen LogP) is 3.84. The van der Waals surface area contributed by atoms with E-state index in [1.54, 1.807) is 0 Å². The Hall–Kier alpha value is -1.38. The molecule has 0 bridgehead atoms. The van der Waals surface area contributed by atoms with E-state index in [0.29, 0.717) is 12.0 Å². The molecule has 0 unspecified atom stereocenters. The quantitative estimate of drug-likeness (QED) is 0.745. The lowest BCUT2D eigenvalue weighted by Gasteiger charge is -2.17. The molecule has 0 aliphatic rings. The van der Waals surface area contributed by atoms with Crippen molar-refractivity contribution in [2.75, 3.05) is 7.11 Å². The highest BCUT2D eigenvalue weighted by Gasteiger charge is 2.15. The van der Waals surface area contributed by atoms with Gasteiger partial charge in [0.15, 0.2) is 17.3 Å². The maximum absolute atomic E-state index is 13.2. The van der Waals surface area contributed by atoms with Crippen LogP contribution in [0, 0.1) is 11.2 Å². The average Bonchev–Trinajstić information content (AvgIpc) is 2.25. The molecule has 0 fully saturated rings. The van der Waals surface area contributed by atoms with E-state index >= 15 is 0 Å². The normalized spacial score (nSPS) is 11.4. The van der Waals surface area contributed by atoms with Crippen LogP contribution in [0.4, 0.5) is 4.39 Å². The van der Waals surface area contributed by atoms with Gasteiger partial charge in [-0.25, -0.2) is 4.39 Å². The fraction of sp³-hybridized carbons (Fsp3) is 0.500. The molecule has 0 aromatic heterocycles. The molecule has 0 saturated carbocycles. The smallest absolute Gasteiger partial charge is 0.165 e. The summed E-state index contributed by atoms with van der Waals surface area (Å²) in [5.41, 5.74) is 0.632. The molecule has 0 aliphatic heterocycles. The molecule has 1 rings (SSSR count). The first-order valence-corrected chi connectivity index (χ1v) is 5.70. The van der Waals surface area contributed by atoms with E-state index in [4.69, 9.17) is 4.74 Å². The van der Waals surface area contributed by atoms with Crippen LogP contribution in [0.2, 0.25) is 0 Å². The number of hydrogen-bond donors (Lipinski definition) is 0. The molecular weight excluding hydrogens is 219 g/mol. The van der Waals surface area contributed by atoms with Crippen LogP contribution < -0.4 is 4.74 Å². The first-order valence-electron chi connectivity index (χ1n) is 5.70. The standard InChI is InChI=1S/C14H19FO2/c1-14(2,3)8-7-12(16)10-5-6-11(15)13(9-10)17-4/h5-6,9H,7-8H2,1-4H3. The lowest BCUT2D eigenvalue weighted by Crippen LogP contribution is -2.09. The molecule has 3 heteroatoms. The molecule has 0 N–H and O–H groups in total. The number of hydrogen-bond acceptors (Lipinski definition) is 2. The van der Waals surface area contributed by atoms with Crippen molar-refractivity contribution >= 4 is 5.78 Å². The van der Waals surface area contributed by atoms with Crippen molar-refractivity contribution in [1.82, 2.24) is 0 Å². The van der Waals surface area contributed by atoms with Gasteiger partial charge in [0.2, 0.25) is 0 Å². The molecule has 0 saturated heterocycles. The van der Waals surface area contributed by atoms with Gasteiger partial charge in [-0.1, -0.05) is 20.8 Å². The number of carbonyl (C=O) groups excluding carboxylic acids is 1. The average molecular weight is 238 g/mol. The minimum Gasteiger partial charge on any atom is -0.494 e. The molecule has 1 aromatic carbocycles. The zero-order valence-corrected chi connectivity index (χ0v) is 10.8. The number of carbonyl (C=O) groups is 1. The minimum absolute atomic E-state index is 0.0261. The second-order valence-electron chi connectivity index (χ2n) is 5.33.